The van der Waals surface area contributed by atoms with Gasteiger partial charge in [-0.1, -0.05) is 24.6 Å². The summed E-state index contributed by atoms with van der Waals surface area (Å²) in [4.78, 5) is 16.4. The quantitative estimate of drug-likeness (QED) is 0.857. The number of carbonyl (C=O) groups excluding carboxylic acids is 1. The second-order valence-corrected chi connectivity index (χ2v) is 6.62. The molecule has 0 aliphatic heterocycles. The van der Waals surface area contributed by atoms with E-state index < -0.39 is 11.9 Å². The molecule has 0 saturated heterocycles. The van der Waals surface area contributed by atoms with E-state index in [1.807, 2.05) is 13.1 Å². The van der Waals surface area contributed by atoms with Gasteiger partial charge in [0.05, 0.1) is 0 Å². The summed E-state index contributed by atoms with van der Waals surface area (Å²) in [6.45, 7) is 2.63. The first-order chi connectivity index (χ1) is 11.5. The van der Waals surface area contributed by atoms with Gasteiger partial charge >= 0.3 is 0 Å². The molecule has 5 heteroatoms. The molecular weight excluding hydrogens is 305 g/mol. The highest BCUT2D eigenvalue weighted by Crippen LogP contribution is 2.42. The summed E-state index contributed by atoms with van der Waals surface area (Å²) in [5.74, 6) is -0.797. The number of pyridine rings is 1. The summed E-state index contributed by atoms with van der Waals surface area (Å²) in [7, 11) is 0. The van der Waals surface area contributed by atoms with Gasteiger partial charge in [-0.05, 0) is 49.1 Å². The highest BCUT2D eigenvalue weighted by Gasteiger charge is 2.40. The van der Waals surface area contributed by atoms with Crippen molar-refractivity contribution in [2.75, 3.05) is 6.54 Å². The molecule has 126 valence electrons. The molecule has 1 aromatic heterocycles. The minimum absolute atomic E-state index is 0.0541. The number of hydrogen-bond acceptors (Lipinski definition) is 3. The highest BCUT2D eigenvalue weighted by atomic mass is 19.1. The van der Waals surface area contributed by atoms with Gasteiger partial charge < -0.3 is 11.1 Å². The van der Waals surface area contributed by atoms with Crippen LogP contribution in [0, 0.1) is 12.7 Å². The van der Waals surface area contributed by atoms with Crippen LogP contribution in [-0.2, 0) is 10.2 Å². The Bertz CT molecular complexity index is 708. The molecule has 0 radical (unpaired) electrons. The Morgan fingerprint density at radius 2 is 2.00 bits per heavy atom. The number of nitrogens with one attached hydrogen (secondary N) is 1. The zero-order chi connectivity index (χ0) is 17.2. The molecule has 2 aromatic rings. The normalized spacial score (nSPS) is 17.1. The number of hydrogen-bond donors (Lipinski definition) is 2. The van der Waals surface area contributed by atoms with Crippen molar-refractivity contribution in [1.82, 2.24) is 10.3 Å². The lowest BCUT2D eigenvalue weighted by molar-refractivity contribution is -0.120. The topological polar surface area (TPSA) is 68.0 Å². The van der Waals surface area contributed by atoms with Crippen LogP contribution >= 0.6 is 0 Å². The smallest absolute Gasteiger partial charge is 0.239 e. The summed E-state index contributed by atoms with van der Waals surface area (Å²) in [5.41, 5.74) is 8.34. The number of aryl methyl sites for hydroxylation is 1. The van der Waals surface area contributed by atoms with Crippen molar-refractivity contribution in [3.8, 4) is 0 Å². The average molecular weight is 327 g/mol. The van der Waals surface area contributed by atoms with Crippen LogP contribution in [-0.4, -0.2) is 17.4 Å². The van der Waals surface area contributed by atoms with Crippen LogP contribution in [0.2, 0.25) is 0 Å². The molecule has 3 N–H and O–H groups in total. The molecular formula is C19H22FN3O. The Morgan fingerprint density at radius 3 is 2.50 bits per heavy atom. The van der Waals surface area contributed by atoms with Crippen LogP contribution in [0.4, 0.5) is 4.39 Å². The van der Waals surface area contributed by atoms with E-state index in [1.165, 1.54) is 12.1 Å². The van der Waals surface area contributed by atoms with Crippen LogP contribution in [0.3, 0.4) is 0 Å². The number of aromatic nitrogens is 1. The van der Waals surface area contributed by atoms with E-state index in [1.54, 1.807) is 12.1 Å². The Hall–Kier alpha value is -2.27. The van der Waals surface area contributed by atoms with E-state index in [4.69, 9.17) is 5.73 Å². The molecule has 1 amide bonds. The number of primary amides is 1. The Labute approximate surface area is 141 Å². The summed E-state index contributed by atoms with van der Waals surface area (Å²) in [6, 6.07) is 9.36. The summed E-state index contributed by atoms with van der Waals surface area (Å²) < 4.78 is 13.1. The molecule has 1 aromatic carbocycles. The predicted molar refractivity (Wildman–Crippen MR) is 90.8 cm³/mol. The van der Waals surface area contributed by atoms with Crippen molar-refractivity contribution in [3.05, 3.63) is 65.2 Å². The number of carbonyl (C=O) groups is 1. The van der Waals surface area contributed by atoms with Gasteiger partial charge in [0.25, 0.3) is 0 Å². The lowest BCUT2D eigenvalue weighted by Gasteiger charge is -2.42. The van der Waals surface area contributed by atoms with Gasteiger partial charge in [-0.15, -0.1) is 0 Å². The molecule has 1 saturated carbocycles. The van der Waals surface area contributed by atoms with Gasteiger partial charge in [-0.3, -0.25) is 9.78 Å². The SMILES string of the molecule is Cc1ccc(C2(CNC(C(N)=O)c3ccc(F)cc3)CCC2)nc1. The van der Waals surface area contributed by atoms with Gasteiger partial charge in [0.2, 0.25) is 5.91 Å². The lowest BCUT2D eigenvalue weighted by atomic mass is 9.66. The molecule has 1 atom stereocenters. The maximum absolute atomic E-state index is 13.1. The van der Waals surface area contributed by atoms with Gasteiger partial charge in [-0.2, -0.15) is 0 Å². The van der Waals surface area contributed by atoms with Gasteiger partial charge in [0.1, 0.15) is 11.9 Å². The molecule has 24 heavy (non-hydrogen) atoms. The van der Waals surface area contributed by atoms with Crippen molar-refractivity contribution < 1.29 is 9.18 Å². The summed E-state index contributed by atoms with van der Waals surface area (Å²) in [5, 5.41) is 3.27. The minimum atomic E-state index is -0.631. The molecule has 1 fully saturated rings. The zero-order valence-electron chi connectivity index (χ0n) is 13.8. The largest absolute Gasteiger partial charge is 0.368 e. The molecule has 1 aliphatic carbocycles. The molecule has 0 bridgehead atoms. The van der Waals surface area contributed by atoms with Gasteiger partial charge in [0.15, 0.2) is 0 Å². The fourth-order valence-electron chi connectivity index (χ4n) is 3.24. The van der Waals surface area contributed by atoms with E-state index in [-0.39, 0.29) is 11.2 Å². The standard InChI is InChI=1S/C19H22FN3O/c1-13-3-8-16(22-11-13)19(9-2-10-19)12-23-17(18(21)24)14-4-6-15(20)7-5-14/h3-8,11,17,23H,2,9-10,12H2,1H3,(H2,21,24). The molecule has 1 aliphatic rings. The Kier molecular flexibility index (Phi) is 4.62. The van der Waals surface area contributed by atoms with Gasteiger partial charge in [-0.25, -0.2) is 4.39 Å². The molecule has 1 unspecified atom stereocenters. The molecule has 0 spiro atoms. The Morgan fingerprint density at radius 1 is 1.29 bits per heavy atom. The van der Waals surface area contributed by atoms with Crippen LogP contribution in [0.25, 0.3) is 0 Å². The first-order valence-electron chi connectivity index (χ1n) is 8.21. The third-order valence-electron chi connectivity index (χ3n) is 4.90. The van der Waals surface area contributed by atoms with E-state index in [9.17, 15) is 9.18 Å². The molecule has 3 rings (SSSR count). The van der Waals surface area contributed by atoms with E-state index >= 15 is 0 Å². The second kappa shape index (κ2) is 6.69. The van der Waals surface area contributed by atoms with Crippen molar-refractivity contribution in [2.45, 2.75) is 37.6 Å². The van der Waals surface area contributed by atoms with Gasteiger partial charge in [0, 0.05) is 23.9 Å². The number of nitrogens with zero attached hydrogens (tertiary/aromatic N) is 1. The highest BCUT2D eigenvalue weighted by molar-refractivity contribution is 5.81. The molecule has 4 nitrogen and oxygen atoms in total. The first-order valence-corrected chi connectivity index (χ1v) is 8.21. The van der Waals surface area contributed by atoms with E-state index in [0.29, 0.717) is 12.1 Å². The lowest BCUT2D eigenvalue weighted by Crippen LogP contribution is -2.47. The fourth-order valence-corrected chi connectivity index (χ4v) is 3.24. The van der Waals surface area contributed by atoms with Crippen LogP contribution < -0.4 is 11.1 Å². The number of rotatable bonds is 6. The maximum Gasteiger partial charge on any atom is 0.239 e. The summed E-state index contributed by atoms with van der Waals surface area (Å²) >= 11 is 0. The summed E-state index contributed by atoms with van der Waals surface area (Å²) in [6.07, 6.45) is 5.09. The fraction of sp³-hybridized carbons (Fsp3) is 0.368. The van der Waals surface area contributed by atoms with Crippen molar-refractivity contribution >= 4 is 5.91 Å². The second-order valence-electron chi connectivity index (χ2n) is 6.62. The van der Waals surface area contributed by atoms with Crippen molar-refractivity contribution in [3.63, 3.8) is 0 Å². The van der Waals surface area contributed by atoms with Crippen LogP contribution in [0.15, 0.2) is 42.6 Å². The number of nitrogens with two attached hydrogens (primary N) is 1. The predicted octanol–water partition coefficient (Wildman–Crippen LogP) is 2.77. The molecule has 1 heterocycles. The van der Waals surface area contributed by atoms with Crippen molar-refractivity contribution in [1.29, 1.82) is 0 Å². The van der Waals surface area contributed by atoms with Crippen LogP contribution in [0.5, 0.6) is 0 Å². The van der Waals surface area contributed by atoms with Crippen LogP contribution in [0.1, 0.15) is 42.1 Å². The first kappa shape index (κ1) is 16.6. The monoisotopic (exact) mass is 327 g/mol. The number of amides is 1. The Balaban J connectivity index is 1.77. The number of halogens is 1. The average Bonchev–Trinajstić information content (AvgIpc) is 2.52. The van der Waals surface area contributed by atoms with E-state index in [0.717, 1.165) is 30.5 Å². The number of benzene rings is 1. The van der Waals surface area contributed by atoms with Crippen molar-refractivity contribution in [2.24, 2.45) is 5.73 Å². The maximum atomic E-state index is 13.1. The third-order valence-corrected chi connectivity index (χ3v) is 4.90. The van der Waals surface area contributed by atoms with E-state index in [2.05, 4.69) is 22.4 Å². The minimum Gasteiger partial charge on any atom is -0.368 e. The zero-order valence-corrected chi connectivity index (χ0v) is 13.8. The third kappa shape index (κ3) is 3.31.